The van der Waals surface area contributed by atoms with Crippen LogP contribution in [0.4, 0.5) is 0 Å². The predicted octanol–water partition coefficient (Wildman–Crippen LogP) is 1.30. The zero-order chi connectivity index (χ0) is 7.61. The van der Waals surface area contributed by atoms with E-state index in [-0.39, 0.29) is 17.3 Å². The van der Waals surface area contributed by atoms with Crippen molar-refractivity contribution < 1.29 is 4.92 Å². The summed E-state index contributed by atoms with van der Waals surface area (Å²) in [5, 5.41) is 10.4. The molecule has 0 aromatic rings. The minimum atomic E-state index is -1.10. The highest BCUT2D eigenvalue weighted by Crippen LogP contribution is 2.25. The maximum Gasteiger partial charge on any atom is 0.272 e. The molecule has 1 aliphatic rings. The maximum absolute atomic E-state index is 10.4. The van der Waals surface area contributed by atoms with Crippen LogP contribution < -0.4 is 5.73 Å². The lowest BCUT2D eigenvalue weighted by molar-refractivity contribution is -0.573. The van der Waals surface area contributed by atoms with Crippen molar-refractivity contribution >= 4 is 12.4 Å². The quantitative estimate of drug-likeness (QED) is 0.376. The molecule has 0 radical (unpaired) electrons. The summed E-state index contributed by atoms with van der Waals surface area (Å²) in [6.45, 7) is 0. The van der Waals surface area contributed by atoms with Crippen molar-refractivity contribution in [3.8, 4) is 0 Å². The average molecular weight is 181 g/mol. The van der Waals surface area contributed by atoms with E-state index in [1.165, 1.54) is 0 Å². The van der Waals surface area contributed by atoms with E-state index in [2.05, 4.69) is 0 Å². The third-order valence-electron chi connectivity index (χ3n) is 2.08. The van der Waals surface area contributed by atoms with Crippen LogP contribution in [0.3, 0.4) is 0 Å². The molecule has 1 rings (SSSR count). The number of hydrogen-bond acceptors (Lipinski definition) is 3. The number of rotatable bonds is 1. The van der Waals surface area contributed by atoms with Crippen LogP contribution in [0.5, 0.6) is 0 Å². The summed E-state index contributed by atoms with van der Waals surface area (Å²) in [5.41, 5.74) is 4.40. The van der Waals surface area contributed by atoms with Crippen LogP contribution in [0.25, 0.3) is 0 Å². The standard InChI is InChI=1S/C6H12N2O2.ClH/c7-6(8(9)10)4-2-1-3-5-6;/h1-5,7H2;1H. The van der Waals surface area contributed by atoms with Crippen LogP contribution in [0.2, 0.25) is 0 Å². The molecule has 0 aromatic heterocycles. The van der Waals surface area contributed by atoms with Gasteiger partial charge in [0.25, 0.3) is 5.66 Å². The minimum Gasteiger partial charge on any atom is -0.266 e. The van der Waals surface area contributed by atoms with Crippen LogP contribution in [0, 0.1) is 10.1 Å². The molecule has 11 heavy (non-hydrogen) atoms. The number of halogens is 1. The van der Waals surface area contributed by atoms with Crippen LogP contribution in [0.1, 0.15) is 32.1 Å². The van der Waals surface area contributed by atoms with Gasteiger partial charge in [-0.05, 0) is 12.8 Å². The van der Waals surface area contributed by atoms with E-state index >= 15 is 0 Å². The van der Waals surface area contributed by atoms with Gasteiger partial charge in [-0.15, -0.1) is 12.4 Å². The SMILES string of the molecule is Cl.NC1([N+](=O)[O-])CCCCC1. The molecule has 4 nitrogen and oxygen atoms in total. The van der Waals surface area contributed by atoms with Gasteiger partial charge in [0.1, 0.15) is 0 Å². The summed E-state index contributed by atoms with van der Waals surface area (Å²) in [5.74, 6) is 0. The van der Waals surface area contributed by atoms with Gasteiger partial charge in [0.15, 0.2) is 0 Å². The predicted molar refractivity (Wildman–Crippen MR) is 44.2 cm³/mol. The first-order valence-corrected chi connectivity index (χ1v) is 3.58. The van der Waals surface area contributed by atoms with E-state index in [4.69, 9.17) is 5.73 Å². The molecule has 0 amide bonds. The molecule has 0 heterocycles. The molecular weight excluding hydrogens is 168 g/mol. The van der Waals surface area contributed by atoms with Gasteiger partial charge in [0.05, 0.1) is 0 Å². The molecule has 0 aliphatic heterocycles. The zero-order valence-electron chi connectivity index (χ0n) is 6.28. The molecule has 2 N–H and O–H groups in total. The Balaban J connectivity index is 0.000001000. The largest absolute Gasteiger partial charge is 0.272 e. The molecule has 0 saturated heterocycles. The summed E-state index contributed by atoms with van der Waals surface area (Å²) in [6, 6.07) is 0. The summed E-state index contributed by atoms with van der Waals surface area (Å²) < 4.78 is 0. The Kier molecular flexibility index (Phi) is 3.75. The maximum atomic E-state index is 10.4. The van der Waals surface area contributed by atoms with Crippen LogP contribution in [-0.2, 0) is 0 Å². The Morgan fingerprint density at radius 3 is 2.00 bits per heavy atom. The molecule has 1 fully saturated rings. The Labute approximate surface area is 71.7 Å². The molecule has 0 bridgehead atoms. The monoisotopic (exact) mass is 180 g/mol. The Hall–Kier alpha value is -0.350. The summed E-state index contributed by atoms with van der Waals surface area (Å²) in [7, 11) is 0. The van der Waals surface area contributed by atoms with E-state index in [1.54, 1.807) is 0 Å². The van der Waals surface area contributed by atoms with Gasteiger partial charge in [-0.2, -0.15) is 0 Å². The van der Waals surface area contributed by atoms with Crippen molar-refractivity contribution in [3.63, 3.8) is 0 Å². The van der Waals surface area contributed by atoms with E-state index in [1.807, 2.05) is 0 Å². The molecule has 0 unspecified atom stereocenters. The molecule has 5 heteroatoms. The highest BCUT2D eigenvalue weighted by Gasteiger charge is 2.38. The van der Waals surface area contributed by atoms with E-state index < -0.39 is 5.66 Å². The molecule has 0 spiro atoms. The van der Waals surface area contributed by atoms with Crippen molar-refractivity contribution in [2.24, 2.45) is 5.73 Å². The summed E-state index contributed by atoms with van der Waals surface area (Å²) in [4.78, 5) is 10.0. The van der Waals surface area contributed by atoms with Crippen LogP contribution in [-0.4, -0.2) is 10.6 Å². The molecule has 0 atom stereocenters. The Morgan fingerprint density at radius 2 is 1.73 bits per heavy atom. The molecule has 66 valence electrons. The lowest BCUT2D eigenvalue weighted by Crippen LogP contribution is -2.48. The first-order chi connectivity index (χ1) is 4.65. The highest BCUT2D eigenvalue weighted by molar-refractivity contribution is 5.85. The number of nitrogens with zero attached hydrogens (tertiary/aromatic N) is 1. The summed E-state index contributed by atoms with van der Waals surface area (Å²) in [6.07, 6.45) is 3.97. The number of nitrogens with two attached hydrogens (primary N) is 1. The molecule has 0 aromatic carbocycles. The van der Waals surface area contributed by atoms with Crippen molar-refractivity contribution in [3.05, 3.63) is 10.1 Å². The summed E-state index contributed by atoms with van der Waals surface area (Å²) >= 11 is 0. The van der Waals surface area contributed by atoms with Gasteiger partial charge >= 0.3 is 0 Å². The fourth-order valence-electron chi connectivity index (χ4n) is 1.35. The molecule has 1 saturated carbocycles. The Morgan fingerprint density at radius 1 is 1.27 bits per heavy atom. The van der Waals surface area contributed by atoms with Gasteiger partial charge in [0.2, 0.25) is 0 Å². The second-order valence-corrected chi connectivity index (χ2v) is 2.92. The second-order valence-electron chi connectivity index (χ2n) is 2.92. The van der Waals surface area contributed by atoms with Gasteiger partial charge in [-0.3, -0.25) is 15.8 Å². The van der Waals surface area contributed by atoms with Crippen molar-refractivity contribution in [2.45, 2.75) is 37.8 Å². The second kappa shape index (κ2) is 3.88. The lowest BCUT2D eigenvalue weighted by Gasteiger charge is -2.24. The van der Waals surface area contributed by atoms with Crippen molar-refractivity contribution in [1.82, 2.24) is 0 Å². The normalized spacial score (nSPS) is 21.9. The smallest absolute Gasteiger partial charge is 0.266 e. The number of hydrogen-bond donors (Lipinski definition) is 1. The zero-order valence-corrected chi connectivity index (χ0v) is 7.10. The lowest BCUT2D eigenvalue weighted by atomic mass is 9.90. The van der Waals surface area contributed by atoms with E-state index in [9.17, 15) is 10.1 Å². The fourth-order valence-corrected chi connectivity index (χ4v) is 1.35. The third kappa shape index (κ3) is 2.31. The van der Waals surface area contributed by atoms with Crippen molar-refractivity contribution in [1.29, 1.82) is 0 Å². The van der Waals surface area contributed by atoms with Gasteiger partial charge < -0.3 is 0 Å². The molecule has 1 aliphatic carbocycles. The minimum absolute atomic E-state index is 0. The first-order valence-electron chi connectivity index (χ1n) is 3.58. The Bertz CT molecular complexity index is 146. The first kappa shape index (κ1) is 10.7. The van der Waals surface area contributed by atoms with Crippen LogP contribution in [0.15, 0.2) is 0 Å². The average Bonchev–Trinajstić information content (AvgIpc) is 1.89. The highest BCUT2D eigenvalue weighted by atomic mass is 35.5. The van der Waals surface area contributed by atoms with Crippen LogP contribution >= 0.6 is 12.4 Å². The fraction of sp³-hybridized carbons (Fsp3) is 1.00. The third-order valence-corrected chi connectivity index (χ3v) is 2.08. The number of nitro groups is 1. The van der Waals surface area contributed by atoms with Crippen molar-refractivity contribution in [2.75, 3.05) is 0 Å². The van der Waals surface area contributed by atoms with E-state index in [0.717, 1.165) is 19.3 Å². The van der Waals surface area contributed by atoms with Gasteiger partial charge in [-0.1, -0.05) is 6.42 Å². The van der Waals surface area contributed by atoms with Gasteiger partial charge in [-0.25, -0.2) is 0 Å². The van der Waals surface area contributed by atoms with Gasteiger partial charge in [0, 0.05) is 17.8 Å². The topological polar surface area (TPSA) is 69.2 Å². The molecular formula is C6H13ClN2O2. The van der Waals surface area contributed by atoms with E-state index in [0.29, 0.717) is 12.8 Å².